The van der Waals surface area contributed by atoms with Gasteiger partial charge in [0.15, 0.2) is 0 Å². The van der Waals surface area contributed by atoms with E-state index in [1.165, 1.54) is 11.1 Å². The molecule has 0 N–H and O–H groups in total. The van der Waals surface area contributed by atoms with E-state index in [2.05, 4.69) is 74.9 Å². The fourth-order valence-electron chi connectivity index (χ4n) is 2.39. The Hall–Kier alpha value is -1.32. The first-order chi connectivity index (χ1) is 9.69. The van der Waals surface area contributed by atoms with Gasteiger partial charge in [0.2, 0.25) is 0 Å². The molecule has 0 saturated heterocycles. The van der Waals surface area contributed by atoms with Gasteiger partial charge in [0, 0.05) is 11.0 Å². The third kappa shape index (κ3) is 2.48. The number of aromatic nitrogens is 2. The number of fused-ring (bicyclic) bond motifs is 1. The molecule has 3 rings (SSSR count). The number of aryl methyl sites for hydroxylation is 1. The minimum Gasteiger partial charge on any atom is -0.322 e. The highest BCUT2D eigenvalue weighted by molar-refractivity contribution is 9.10. The van der Waals surface area contributed by atoms with E-state index in [0.29, 0.717) is 5.88 Å². The van der Waals surface area contributed by atoms with Gasteiger partial charge in [-0.15, -0.1) is 11.6 Å². The molecule has 0 unspecified atom stereocenters. The maximum absolute atomic E-state index is 6.06. The third-order valence-corrected chi connectivity index (χ3v) is 4.20. The number of nitrogens with zero attached hydrogens (tertiary/aromatic N) is 2. The van der Waals surface area contributed by atoms with Crippen LogP contribution in [0.3, 0.4) is 0 Å². The van der Waals surface area contributed by atoms with Gasteiger partial charge in [-0.3, -0.25) is 0 Å². The number of benzene rings is 2. The lowest BCUT2D eigenvalue weighted by Crippen LogP contribution is -2.03. The largest absolute Gasteiger partial charge is 0.322 e. The highest BCUT2D eigenvalue weighted by atomic mass is 79.9. The minimum absolute atomic E-state index is 0.421. The van der Waals surface area contributed by atoms with Crippen LogP contribution in [0.1, 0.15) is 17.0 Å². The molecule has 0 amide bonds. The van der Waals surface area contributed by atoms with E-state index in [1.807, 2.05) is 0 Å². The summed E-state index contributed by atoms with van der Waals surface area (Å²) >= 11 is 9.52. The lowest BCUT2D eigenvalue weighted by Gasteiger charge is -2.08. The molecule has 0 fully saturated rings. The molecular weight excluding hydrogens is 336 g/mol. The van der Waals surface area contributed by atoms with Crippen LogP contribution in [0.25, 0.3) is 11.0 Å². The standard InChI is InChI=1S/C16H14BrClN2/c1-11-3-2-4-14-16(11)19-15(9-18)20(14)10-12-5-7-13(17)8-6-12/h2-8H,9-10H2,1H3. The van der Waals surface area contributed by atoms with Crippen LogP contribution in [0.2, 0.25) is 0 Å². The second kappa shape index (κ2) is 5.58. The van der Waals surface area contributed by atoms with Crippen LogP contribution < -0.4 is 0 Å². The van der Waals surface area contributed by atoms with Gasteiger partial charge in [-0.25, -0.2) is 4.98 Å². The highest BCUT2D eigenvalue weighted by Gasteiger charge is 2.11. The topological polar surface area (TPSA) is 17.8 Å². The van der Waals surface area contributed by atoms with Gasteiger partial charge in [0.05, 0.1) is 16.9 Å². The molecule has 102 valence electrons. The Morgan fingerprint density at radius 1 is 1.15 bits per heavy atom. The molecule has 1 aromatic heterocycles. The average molecular weight is 350 g/mol. The molecule has 4 heteroatoms. The molecule has 0 spiro atoms. The van der Waals surface area contributed by atoms with E-state index in [0.717, 1.165) is 27.9 Å². The Balaban J connectivity index is 2.10. The molecular formula is C16H14BrClN2. The maximum atomic E-state index is 6.06. The Morgan fingerprint density at radius 3 is 2.60 bits per heavy atom. The maximum Gasteiger partial charge on any atom is 0.125 e. The fraction of sp³-hybridized carbons (Fsp3) is 0.188. The summed E-state index contributed by atoms with van der Waals surface area (Å²) in [6, 6.07) is 14.6. The Bertz CT molecular complexity index is 747. The van der Waals surface area contributed by atoms with Crippen LogP contribution >= 0.6 is 27.5 Å². The SMILES string of the molecule is Cc1cccc2c1nc(CCl)n2Cc1ccc(Br)cc1. The summed E-state index contributed by atoms with van der Waals surface area (Å²) in [4.78, 5) is 4.67. The zero-order chi connectivity index (χ0) is 14.1. The molecule has 0 radical (unpaired) electrons. The zero-order valence-electron chi connectivity index (χ0n) is 11.1. The average Bonchev–Trinajstić information content (AvgIpc) is 2.81. The van der Waals surface area contributed by atoms with Crippen molar-refractivity contribution < 1.29 is 0 Å². The van der Waals surface area contributed by atoms with E-state index in [9.17, 15) is 0 Å². The van der Waals surface area contributed by atoms with Gasteiger partial charge in [-0.2, -0.15) is 0 Å². The Kier molecular flexibility index (Phi) is 3.81. The fourth-order valence-corrected chi connectivity index (χ4v) is 2.85. The van der Waals surface area contributed by atoms with Gasteiger partial charge in [0.1, 0.15) is 5.82 Å². The molecule has 2 nitrogen and oxygen atoms in total. The first kappa shape index (κ1) is 13.7. The summed E-state index contributed by atoms with van der Waals surface area (Å²) in [7, 11) is 0. The molecule has 0 saturated carbocycles. The second-order valence-electron chi connectivity index (χ2n) is 4.82. The number of halogens is 2. The summed E-state index contributed by atoms with van der Waals surface area (Å²) in [6.45, 7) is 2.87. The van der Waals surface area contributed by atoms with E-state index < -0.39 is 0 Å². The molecule has 1 heterocycles. The van der Waals surface area contributed by atoms with Gasteiger partial charge in [-0.1, -0.05) is 40.2 Å². The van der Waals surface area contributed by atoms with E-state index in [4.69, 9.17) is 11.6 Å². The van der Waals surface area contributed by atoms with Gasteiger partial charge in [-0.05, 0) is 36.2 Å². The summed E-state index contributed by atoms with van der Waals surface area (Å²) in [5, 5.41) is 0. The third-order valence-electron chi connectivity index (χ3n) is 3.43. The van der Waals surface area contributed by atoms with Crippen LogP contribution in [0.15, 0.2) is 46.9 Å². The Morgan fingerprint density at radius 2 is 1.90 bits per heavy atom. The summed E-state index contributed by atoms with van der Waals surface area (Å²) in [5.41, 5.74) is 4.60. The van der Waals surface area contributed by atoms with Crippen molar-refractivity contribution in [3.05, 3.63) is 63.9 Å². The molecule has 0 aliphatic rings. The van der Waals surface area contributed by atoms with Gasteiger partial charge >= 0.3 is 0 Å². The number of hydrogen-bond donors (Lipinski definition) is 0. The molecule has 0 aliphatic carbocycles. The monoisotopic (exact) mass is 348 g/mol. The van der Waals surface area contributed by atoms with Crippen molar-refractivity contribution in [1.29, 1.82) is 0 Å². The summed E-state index contributed by atoms with van der Waals surface area (Å²) < 4.78 is 3.28. The van der Waals surface area contributed by atoms with Crippen LogP contribution in [0.5, 0.6) is 0 Å². The van der Waals surface area contributed by atoms with Crippen LogP contribution in [0.4, 0.5) is 0 Å². The number of rotatable bonds is 3. The lowest BCUT2D eigenvalue weighted by molar-refractivity contribution is 0.778. The molecule has 0 aliphatic heterocycles. The highest BCUT2D eigenvalue weighted by Crippen LogP contribution is 2.22. The predicted octanol–water partition coefficient (Wildman–Crippen LogP) is 4.89. The van der Waals surface area contributed by atoms with Crippen molar-refractivity contribution in [2.24, 2.45) is 0 Å². The molecule has 0 bridgehead atoms. The van der Waals surface area contributed by atoms with E-state index in [-0.39, 0.29) is 0 Å². The first-order valence-electron chi connectivity index (χ1n) is 6.44. The lowest BCUT2D eigenvalue weighted by atomic mass is 10.2. The normalized spacial score (nSPS) is 11.2. The minimum atomic E-state index is 0.421. The summed E-state index contributed by atoms with van der Waals surface area (Å²) in [6.07, 6.45) is 0. The number of imidazole rings is 1. The van der Waals surface area contributed by atoms with Gasteiger partial charge < -0.3 is 4.57 Å². The molecule has 2 aromatic carbocycles. The quantitative estimate of drug-likeness (QED) is 0.615. The van der Waals surface area contributed by atoms with Gasteiger partial charge in [0.25, 0.3) is 0 Å². The van der Waals surface area contributed by atoms with Crippen molar-refractivity contribution in [2.75, 3.05) is 0 Å². The van der Waals surface area contributed by atoms with Crippen molar-refractivity contribution in [1.82, 2.24) is 9.55 Å². The van der Waals surface area contributed by atoms with E-state index >= 15 is 0 Å². The van der Waals surface area contributed by atoms with Crippen LogP contribution in [0, 0.1) is 6.92 Å². The molecule has 0 atom stereocenters. The summed E-state index contributed by atoms with van der Waals surface area (Å²) in [5.74, 6) is 1.34. The van der Waals surface area contributed by atoms with Crippen LogP contribution in [-0.2, 0) is 12.4 Å². The van der Waals surface area contributed by atoms with Crippen LogP contribution in [-0.4, -0.2) is 9.55 Å². The number of hydrogen-bond acceptors (Lipinski definition) is 1. The smallest absolute Gasteiger partial charge is 0.125 e. The Labute approximate surface area is 131 Å². The van der Waals surface area contributed by atoms with Crippen molar-refractivity contribution in [3.63, 3.8) is 0 Å². The molecule has 20 heavy (non-hydrogen) atoms. The first-order valence-corrected chi connectivity index (χ1v) is 7.77. The zero-order valence-corrected chi connectivity index (χ0v) is 13.4. The number of para-hydroxylation sites is 1. The van der Waals surface area contributed by atoms with Crippen molar-refractivity contribution in [3.8, 4) is 0 Å². The van der Waals surface area contributed by atoms with Crippen molar-refractivity contribution in [2.45, 2.75) is 19.3 Å². The molecule has 3 aromatic rings. The van der Waals surface area contributed by atoms with E-state index in [1.54, 1.807) is 0 Å². The number of alkyl halides is 1. The second-order valence-corrected chi connectivity index (χ2v) is 6.00. The predicted molar refractivity (Wildman–Crippen MR) is 87.3 cm³/mol. The van der Waals surface area contributed by atoms with Crippen molar-refractivity contribution >= 4 is 38.6 Å².